The Kier molecular flexibility index (Phi) is 4.62. The molecule has 0 spiro atoms. The molecule has 144 valence electrons. The zero-order valence-electron chi connectivity index (χ0n) is 15.2. The number of anilines is 1. The topological polar surface area (TPSA) is 120 Å². The number of hydrogen-bond donors (Lipinski definition) is 2. The van der Waals surface area contributed by atoms with Gasteiger partial charge in [0.05, 0.1) is 42.7 Å². The fourth-order valence-electron chi connectivity index (χ4n) is 3.46. The lowest BCUT2D eigenvalue weighted by atomic mass is 9.96. The van der Waals surface area contributed by atoms with Gasteiger partial charge >= 0.3 is 0 Å². The van der Waals surface area contributed by atoms with E-state index in [0.29, 0.717) is 25.1 Å². The molecule has 0 radical (unpaired) electrons. The minimum absolute atomic E-state index is 0.0299. The second-order valence-corrected chi connectivity index (χ2v) is 8.45. The van der Waals surface area contributed by atoms with Crippen LogP contribution in [-0.2, 0) is 30.0 Å². The third-order valence-electron chi connectivity index (χ3n) is 4.81. The second-order valence-electron chi connectivity index (χ2n) is 6.77. The molecule has 3 heterocycles. The van der Waals surface area contributed by atoms with Gasteiger partial charge in [0.1, 0.15) is 0 Å². The quantitative estimate of drug-likeness (QED) is 0.661. The molecule has 2 aromatic heterocycles. The first-order valence-electron chi connectivity index (χ1n) is 8.70. The molecule has 10 heteroatoms. The third kappa shape index (κ3) is 3.49. The van der Waals surface area contributed by atoms with Crippen LogP contribution < -0.4 is 9.62 Å². The van der Waals surface area contributed by atoms with Gasteiger partial charge in [-0.05, 0) is 30.2 Å². The standard InChI is InChI=1S/C18H19N7O2S/c1-24-12-21-7-16(24)10-25-9-15(23-28(26,27)18-8-20-11-22-18)5-14-4-13(6-19)2-3-17(14)25/h2-4,7-8,11-12,15,23H,5,9-10H2,1H3,(H,20,22). The second kappa shape index (κ2) is 7.10. The fraction of sp³-hybridized carbons (Fsp3) is 0.278. The fourth-order valence-corrected chi connectivity index (χ4v) is 4.59. The highest BCUT2D eigenvalue weighted by Gasteiger charge is 2.29. The normalized spacial score (nSPS) is 16.6. The molecule has 0 fully saturated rings. The summed E-state index contributed by atoms with van der Waals surface area (Å²) in [7, 11) is -1.78. The largest absolute Gasteiger partial charge is 0.364 e. The highest BCUT2D eigenvalue weighted by Crippen LogP contribution is 2.30. The van der Waals surface area contributed by atoms with Crippen LogP contribution in [0.4, 0.5) is 5.69 Å². The van der Waals surface area contributed by atoms with E-state index in [4.69, 9.17) is 0 Å². The van der Waals surface area contributed by atoms with Crippen molar-refractivity contribution in [2.75, 3.05) is 11.4 Å². The summed E-state index contributed by atoms with van der Waals surface area (Å²) in [5.41, 5.74) is 3.49. The summed E-state index contributed by atoms with van der Waals surface area (Å²) < 4.78 is 29.9. The maximum absolute atomic E-state index is 12.6. The minimum atomic E-state index is -3.71. The van der Waals surface area contributed by atoms with E-state index >= 15 is 0 Å². The van der Waals surface area contributed by atoms with Gasteiger partial charge in [0, 0.05) is 31.5 Å². The van der Waals surface area contributed by atoms with E-state index in [1.165, 1.54) is 12.5 Å². The Balaban J connectivity index is 1.65. The molecule has 0 amide bonds. The Morgan fingerprint density at radius 3 is 2.89 bits per heavy atom. The van der Waals surface area contributed by atoms with Crippen LogP contribution in [-0.4, -0.2) is 40.5 Å². The van der Waals surface area contributed by atoms with Gasteiger partial charge in [-0.3, -0.25) is 0 Å². The van der Waals surface area contributed by atoms with Crippen LogP contribution >= 0.6 is 0 Å². The van der Waals surface area contributed by atoms with E-state index in [1.54, 1.807) is 18.6 Å². The number of rotatable bonds is 5. The van der Waals surface area contributed by atoms with E-state index in [0.717, 1.165) is 16.9 Å². The lowest BCUT2D eigenvalue weighted by molar-refractivity contribution is 0.520. The molecule has 3 aromatic rings. The van der Waals surface area contributed by atoms with Crippen LogP contribution in [0.1, 0.15) is 16.8 Å². The first-order chi connectivity index (χ1) is 13.5. The molecule has 0 saturated heterocycles. The zero-order valence-corrected chi connectivity index (χ0v) is 16.0. The Morgan fingerprint density at radius 2 is 2.21 bits per heavy atom. The van der Waals surface area contributed by atoms with E-state index in [9.17, 15) is 13.7 Å². The summed E-state index contributed by atoms with van der Waals surface area (Å²) in [4.78, 5) is 12.7. The zero-order chi connectivity index (χ0) is 19.7. The summed E-state index contributed by atoms with van der Waals surface area (Å²) in [6, 6.07) is 7.33. The molecule has 9 nitrogen and oxygen atoms in total. The van der Waals surface area contributed by atoms with Gasteiger partial charge in [-0.25, -0.2) is 23.1 Å². The summed E-state index contributed by atoms with van der Waals surface area (Å²) in [6.07, 6.45) is 6.64. The predicted octanol–water partition coefficient (Wildman–Crippen LogP) is 0.925. The molecule has 1 unspecified atom stereocenters. The highest BCUT2D eigenvalue weighted by molar-refractivity contribution is 7.89. The van der Waals surface area contributed by atoms with Crippen molar-refractivity contribution < 1.29 is 8.42 Å². The number of nitrogens with zero attached hydrogens (tertiary/aromatic N) is 5. The number of nitriles is 1. The molecular weight excluding hydrogens is 378 g/mol. The number of fused-ring (bicyclic) bond motifs is 1. The molecule has 1 aliphatic heterocycles. The average molecular weight is 397 g/mol. The monoisotopic (exact) mass is 397 g/mol. The molecule has 28 heavy (non-hydrogen) atoms. The predicted molar refractivity (Wildman–Crippen MR) is 102 cm³/mol. The van der Waals surface area contributed by atoms with Crippen molar-refractivity contribution in [3.63, 3.8) is 0 Å². The van der Waals surface area contributed by atoms with Crippen molar-refractivity contribution in [3.05, 3.63) is 60.1 Å². The Labute approximate surface area is 162 Å². The van der Waals surface area contributed by atoms with E-state index in [2.05, 4.69) is 30.6 Å². The molecule has 2 N–H and O–H groups in total. The van der Waals surface area contributed by atoms with Crippen LogP contribution in [0.2, 0.25) is 0 Å². The van der Waals surface area contributed by atoms with E-state index < -0.39 is 10.0 Å². The number of aromatic amines is 1. The van der Waals surface area contributed by atoms with Crippen molar-refractivity contribution in [1.82, 2.24) is 24.2 Å². The van der Waals surface area contributed by atoms with E-state index in [1.807, 2.05) is 23.7 Å². The molecule has 1 aliphatic rings. The van der Waals surface area contributed by atoms with Gasteiger partial charge in [0.25, 0.3) is 10.0 Å². The van der Waals surface area contributed by atoms with Crippen molar-refractivity contribution in [2.45, 2.75) is 24.0 Å². The van der Waals surface area contributed by atoms with Crippen molar-refractivity contribution >= 4 is 15.7 Å². The van der Waals surface area contributed by atoms with Gasteiger partial charge in [0.15, 0.2) is 5.03 Å². The maximum Gasteiger partial charge on any atom is 0.257 e. The maximum atomic E-state index is 12.6. The van der Waals surface area contributed by atoms with Crippen LogP contribution in [0.15, 0.2) is 48.3 Å². The number of imidazole rings is 2. The smallest absolute Gasteiger partial charge is 0.257 e. The van der Waals surface area contributed by atoms with Gasteiger partial charge in [-0.1, -0.05) is 0 Å². The number of hydrogen-bond acceptors (Lipinski definition) is 6. The third-order valence-corrected chi connectivity index (χ3v) is 6.26. The molecule has 0 bridgehead atoms. The number of aromatic nitrogens is 4. The van der Waals surface area contributed by atoms with Gasteiger partial charge in [0.2, 0.25) is 0 Å². The minimum Gasteiger partial charge on any atom is -0.364 e. The Hall–Kier alpha value is -3.16. The number of sulfonamides is 1. The average Bonchev–Trinajstić information content (AvgIpc) is 3.34. The van der Waals surface area contributed by atoms with Crippen LogP contribution in [0.25, 0.3) is 0 Å². The van der Waals surface area contributed by atoms with E-state index in [-0.39, 0.29) is 11.1 Å². The number of nitrogens with one attached hydrogen (secondary N) is 2. The summed E-state index contributed by atoms with van der Waals surface area (Å²) in [5, 5.41) is 9.26. The Morgan fingerprint density at radius 1 is 1.36 bits per heavy atom. The summed E-state index contributed by atoms with van der Waals surface area (Å²) >= 11 is 0. The van der Waals surface area contributed by atoms with Crippen molar-refractivity contribution in [2.24, 2.45) is 7.05 Å². The molecule has 1 atom stereocenters. The van der Waals surface area contributed by atoms with Crippen LogP contribution in [0.3, 0.4) is 0 Å². The number of aryl methyl sites for hydroxylation is 1. The highest BCUT2D eigenvalue weighted by atomic mass is 32.2. The van der Waals surface area contributed by atoms with Crippen LogP contribution in [0, 0.1) is 11.3 Å². The first-order valence-corrected chi connectivity index (χ1v) is 10.2. The van der Waals surface area contributed by atoms with Gasteiger partial charge in [-0.2, -0.15) is 5.26 Å². The summed E-state index contributed by atoms with van der Waals surface area (Å²) in [6.45, 7) is 1.08. The molecule has 1 aromatic carbocycles. The lowest BCUT2D eigenvalue weighted by Crippen LogP contribution is -2.48. The van der Waals surface area contributed by atoms with Gasteiger partial charge < -0.3 is 14.5 Å². The number of benzene rings is 1. The lowest BCUT2D eigenvalue weighted by Gasteiger charge is -2.36. The first kappa shape index (κ1) is 18.2. The van der Waals surface area contributed by atoms with Gasteiger partial charge in [-0.15, -0.1) is 0 Å². The summed E-state index contributed by atoms with van der Waals surface area (Å²) in [5.74, 6) is 0. The SMILES string of the molecule is Cn1cncc1CN1CC(NS(=O)(=O)c2cnc[nH]2)Cc2cc(C#N)ccc21. The van der Waals surface area contributed by atoms with Crippen molar-refractivity contribution in [3.8, 4) is 6.07 Å². The molecule has 0 saturated carbocycles. The Bertz CT molecular complexity index is 1130. The molecular formula is C18H19N7O2S. The molecule has 4 rings (SSSR count). The van der Waals surface area contributed by atoms with Crippen molar-refractivity contribution in [1.29, 1.82) is 5.26 Å². The van der Waals surface area contributed by atoms with Crippen LogP contribution in [0.5, 0.6) is 0 Å². The molecule has 0 aliphatic carbocycles. The number of H-pyrrole nitrogens is 1.